The number of rotatable bonds is 4. The number of ether oxygens (including phenoxy) is 1. The number of nitrogens with zero attached hydrogens (tertiary/aromatic N) is 1. The van der Waals surface area contributed by atoms with E-state index in [9.17, 15) is 20.0 Å². The highest BCUT2D eigenvalue weighted by molar-refractivity contribution is 6.35. The molecule has 1 unspecified atom stereocenters. The molecule has 0 aliphatic carbocycles. The highest BCUT2D eigenvalue weighted by Crippen LogP contribution is 2.27. The molecule has 1 aromatic rings. The summed E-state index contributed by atoms with van der Waals surface area (Å²) in [7, 11) is 0. The van der Waals surface area contributed by atoms with E-state index in [2.05, 4.69) is 5.32 Å². The summed E-state index contributed by atoms with van der Waals surface area (Å²) in [6.45, 7) is 0.588. The van der Waals surface area contributed by atoms with Crippen molar-refractivity contribution in [1.82, 2.24) is 5.32 Å². The number of halogens is 1. The van der Waals surface area contributed by atoms with Crippen molar-refractivity contribution in [2.24, 2.45) is 0 Å². The number of hydrogen-bond acceptors (Lipinski definition) is 5. The van der Waals surface area contributed by atoms with E-state index in [1.54, 1.807) is 0 Å². The number of nitro benzene ring substituents is 1. The first kappa shape index (κ1) is 14.7. The van der Waals surface area contributed by atoms with Crippen LogP contribution in [0.1, 0.15) is 16.8 Å². The van der Waals surface area contributed by atoms with Crippen LogP contribution < -0.4 is 5.32 Å². The number of benzene rings is 1. The van der Waals surface area contributed by atoms with Gasteiger partial charge in [0.1, 0.15) is 10.6 Å². The van der Waals surface area contributed by atoms with Gasteiger partial charge < -0.3 is 15.2 Å². The van der Waals surface area contributed by atoms with Gasteiger partial charge in [0.2, 0.25) is 0 Å². The zero-order valence-corrected chi connectivity index (χ0v) is 11.2. The van der Waals surface area contributed by atoms with Crippen LogP contribution in [-0.4, -0.2) is 41.3 Å². The van der Waals surface area contributed by atoms with Crippen LogP contribution in [0.25, 0.3) is 0 Å². The normalized spacial score (nSPS) is 21.7. The van der Waals surface area contributed by atoms with Crippen LogP contribution in [0.2, 0.25) is 5.02 Å². The summed E-state index contributed by atoms with van der Waals surface area (Å²) in [4.78, 5) is 22.1. The Bertz CT molecular complexity index is 543. The van der Waals surface area contributed by atoms with Crippen molar-refractivity contribution in [3.63, 3.8) is 0 Å². The van der Waals surface area contributed by atoms with E-state index < -0.39 is 16.4 Å². The molecule has 0 radical (unpaired) electrons. The fourth-order valence-electron chi connectivity index (χ4n) is 1.91. The van der Waals surface area contributed by atoms with Gasteiger partial charge in [0.25, 0.3) is 11.6 Å². The molecular formula is C12H13ClN2O5. The number of nitrogens with one attached hydrogen (secondary N) is 1. The van der Waals surface area contributed by atoms with Gasteiger partial charge in [0.05, 0.1) is 17.1 Å². The fourth-order valence-corrected chi connectivity index (χ4v) is 2.19. The van der Waals surface area contributed by atoms with Gasteiger partial charge in [-0.1, -0.05) is 17.7 Å². The topological polar surface area (TPSA) is 102 Å². The van der Waals surface area contributed by atoms with E-state index in [4.69, 9.17) is 16.3 Å². The summed E-state index contributed by atoms with van der Waals surface area (Å²) >= 11 is 5.84. The highest BCUT2D eigenvalue weighted by atomic mass is 35.5. The molecule has 2 N–H and O–H groups in total. The van der Waals surface area contributed by atoms with E-state index in [1.807, 2.05) is 0 Å². The molecule has 0 aromatic heterocycles. The highest BCUT2D eigenvalue weighted by Gasteiger charge is 2.33. The van der Waals surface area contributed by atoms with Gasteiger partial charge in [-0.15, -0.1) is 0 Å². The van der Waals surface area contributed by atoms with Crippen LogP contribution in [0.3, 0.4) is 0 Å². The average molecular weight is 301 g/mol. The van der Waals surface area contributed by atoms with Crippen LogP contribution in [0, 0.1) is 10.1 Å². The van der Waals surface area contributed by atoms with Crippen molar-refractivity contribution in [2.45, 2.75) is 12.0 Å². The van der Waals surface area contributed by atoms with Gasteiger partial charge in [-0.2, -0.15) is 0 Å². The molecule has 0 saturated carbocycles. The standard InChI is InChI=1S/C12H13ClN2O5/c13-10-8(2-1-3-9(10)15(18)19)11(16)14-6-12(17)4-5-20-7-12/h1-3,17H,4-7H2,(H,14,16). The van der Waals surface area contributed by atoms with E-state index in [1.165, 1.54) is 18.2 Å². The summed E-state index contributed by atoms with van der Waals surface area (Å²) in [5, 5.41) is 23.1. The molecule has 1 aliphatic rings. The van der Waals surface area contributed by atoms with Gasteiger partial charge in [-0.05, 0) is 6.07 Å². The van der Waals surface area contributed by atoms with Gasteiger partial charge >= 0.3 is 0 Å². The predicted molar refractivity (Wildman–Crippen MR) is 70.8 cm³/mol. The predicted octanol–water partition coefficient (Wildman–Crippen LogP) is 1.13. The first-order chi connectivity index (χ1) is 9.43. The van der Waals surface area contributed by atoms with Gasteiger partial charge in [-0.3, -0.25) is 14.9 Å². The van der Waals surface area contributed by atoms with E-state index >= 15 is 0 Å². The van der Waals surface area contributed by atoms with Crippen LogP contribution in [-0.2, 0) is 4.74 Å². The minimum absolute atomic E-state index is 0.00313. The second-order valence-corrected chi connectivity index (χ2v) is 4.98. The van der Waals surface area contributed by atoms with Crippen molar-refractivity contribution in [3.05, 3.63) is 38.9 Å². The number of nitro groups is 1. The number of hydrogen-bond donors (Lipinski definition) is 2. The summed E-state index contributed by atoms with van der Waals surface area (Å²) in [6.07, 6.45) is 0.427. The van der Waals surface area contributed by atoms with Crippen molar-refractivity contribution < 1.29 is 19.6 Å². The van der Waals surface area contributed by atoms with Crippen molar-refractivity contribution in [2.75, 3.05) is 19.8 Å². The quantitative estimate of drug-likeness (QED) is 0.641. The molecule has 1 fully saturated rings. The lowest BCUT2D eigenvalue weighted by atomic mass is 10.0. The van der Waals surface area contributed by atoms with Crippen LogP contribution in [0.4, 0.5) is 5.69 Å². The maximum absolute atomic E-state index is 12.0. The molecule has 0 bridgehead atoms. The lowest BCUT2D eigenvalue weighted by Gasteiger charge is -2.20. The molecule has 1 aromatic carbocycles. The number of carbonyl (C=O) groups is 1. The van der Waals surface area contributed by atoms with Crippen LogP contribution in [0.5, 0.6) is 0 Å². The average Bonchev–Trinajstić information content (AvgIpc) is 2.83. The zero-order chi connectivity index (χ0) is 14.8. The SMILES string of the molecule is O=C(NCC1(O)CCOC1)c1cccc([N+](=O)[O-])c1Cl. The second-order valence-electron chi connectivity index (χ2n) is 4.61. The summed E-state index contributed by atoms with van der Waals surface area (Å²) in [5.41, 5.74) is -1.42. The molecule has 20 heavy (non-hydrogen) atoms. The first-order valence-electron chi connectivity index (χ1n) is 5.94. The van der Waals surface area contributed by atoms with Crippen LogP contribution in [0.15, 0.2) is 18.2 Å². The Hall–Kier alpha value is -1.70. The third-order valence-corrected chi connectivity index (χ3v) is 3.48. The Morgan fingerprint density at radius 3 is 2.95 bits per heavy atom. The molecule has 1 heterocycles. The zero-order valence-electron chi connectivity index (χ0n) is 10.5. The monoisotopic (exact) mass is 300 g/mol. The third-order valence-electron chi connectivity index (χ3n) is 3.08. The molecule has 1 atom stereocenters. The van der Waals surface area contributed by atoms with E-state index in [-0.39, 0.29) is 29.4 Å². The Kier molecular flexibility index (Phi) is 4.22. The summed E-state index contributed by atoms with van der Waals surface area (Å²) in [5.74, 6) is -0.570. The van der Waals surface area contributed by atoms with Crippen LogP contribution >= 0.6 is 11.6 Å². The minimum atomic E-state index is -1.09. The Labute approximate surface area is 119 Å². The minimum Gasteiger partial charge on any atom is -0.386 e. The summed E-state index contributed by atoms with van der Waals surface area (Å²) in [6, 6.07) is 3.99. The Morgan fingerprint density at radius 1 is 1.60 bits per heavy atom. The molecule has 1 saturated heterocycles. The largest absolute Gasteiger partial charge is 0.386 e. The second kappa shape index (κ2) is 5.74. The molecular weight excluding hydrogens is 288 g/mol. The molecule has 0 spiro atoms. The number of amides is 1. The van der Waals surface area contributed by atoms with Crippen molar-refractivity contribution in [3.8, 4) is 0 Å². The molecule has 7 nitrogen and oxygen atoms in total. The van der Waals surface area contributed by atoms with Gasteiger partial charge in [0, 0.05) is 25.6 Å². The lowest BCUT2D eigenvalue weighted by molar-refractivity contribution is -0.384. The molecule has 1 aliphatic heterocycles. The van der Waals surface area contributed by atoms with E-state index in [0.717, 1.165) is 0 Å². The summed E-state index contributed by atoms with van der Waals surface area (Å²) < 4.78 is 5.06. The smallest absolute Gasteiger partial charge is 0.288 e. The van der Waals surface area contributed by atoms with Crippen molar-refractivity contribution >= 4 is 23.2 Å². The maximum atomic E-state index is 12.0. The number of aliphatic hydroxyl groups is 1. The van der Waals surface area contributed by atoms with Gasteiger partial charge in [0.15, 0.2) is 0 Å². The number of carbonyl (C=O) groups excluding carboxylic acids is 1. The molecule has 1 amide bonds. The molecule has 108 valence electrons. The molecule has 2 rings (SSSR count). The third kappa shape index (κ3) is 3.06. The Morgan fingerprint density at radius 2 is 2.35 bits per heavy atom. The lowest BCUT2D eigenvalue weighted by Crippen LogP contribution is -2.43. The molecule has 8 heteroatoms. The van der Waals surface area contributed by atoms with Crippen molar-refractivity contribution in [1.29, 1.82) is 0 Å². The maximum Gasteiger partial charge on any atom is 0.288 e. The van der Waals surface area contributed by atoms with Gasteiger partial charge in [-0.25, -0.2) is 0 Å². The van der Waals surface area contributed by atoms with E-state index in [0.29, 0.717) is 13.0 Å². The fraction of sp³-hybridized carbons (Fsp3) is 0.417. The first-order valence-corrected chi connectivity index (χ1v) is 6.32. The Balaban J connectivity index is 2.09.